The normalized spacial score (nSPS) is 18.3. The monoisotopic (exact) mass is 341 g/mol. The molecule has 0 bridgehead atoms. The first-order valence-corrected chi connectivity index (χ1v) is 8.67. The second-order valence-electron chi connectivity index (χ2n) is 7.57. The number of alkyl carbamates (subject to hydrolysis) is 1. The van der Waals surface area contributed by atoms with Crippen molar-refractivity contribution in [2.24, 2.45) is 11.7 Å². The molecule has 0 aliphatic heterocycles. The topological polar surface area (TPSA) is 111 Å². The maximum atomic E-state index is 12.4. The van der Waals surface area contributed by atoms with Crippen LogP contribution in [0.4, 0.5) is 4.79 Å². The molecule has 0 unspecified atom stereocenters. The van der Waals surface area contributed by atoms with Gasteiger partial charge < -0.3 is 21.1 Å². The second kappa shape index (κ2) is 8.89. The van der Waals surface area contributed by atoms with Gasteiger partial charge in [0.05, 0.1) is 0 Å². The number of hydrogen-bond donors (Lipinski definition) is 3. The molecule has 0 radical (unpaired) electrons. The SMILES string of the molecule is C[C@H](NC(=O)[C@@H](CC1CCCCC1)NC(=O)OC(C)(C)C)C(N)=O. The summed E-state index contributed by atoms with van der Waals surface area (Å²) in [5.74, 6) is -0.636. The number of carbonyl (C=O) groups is 3. The highest BCUT2D eigenvalue weighted by molar-refractivity contribution is 5.90. The lowest BCUT2D eigenvalue weighted by Gasteiger charge is -2.28. The number of hydrogen-bond acceptors (Lipinski definition) is 4. The van der Waals surface area contributed by atoms with Gasteiger partial charge in [0.15, 0.2) is 0 Å². The molecule has 1 rings (SSSR count). The highest BCUT2D eigenvalue weighted by Gasteiger charge is 2.29. The molecular formula is C17H31N3O4. The Hall–Kier alpha value is -1.79. The van der Waals surface area contributed by atoms with Gasteiger partial charge in [-0.3, -0.25) is 9.59 Å². The minimum atomic E-state index is -0.785. The molecule has 0 aromatic carbocycles. The quantitative estimate of drug-likeness (QED) is 0.684. The third-order valence-corrected chi connectivity index (χ3v) is 4.09. The van der Waals surface area contributed by atoms with Crippen LogP contribution in [0, 0.1) is 5.92 Å². The fourth-order valence-corrected chi connectivity index (χ4v) is 2.82. The minimum absolute atomic E-state index is 0.383. The molecular weight excluding hydrogens is 310 g/mol. The molecule has 0 aromatic heterocycles. The van der Waals surface area contributed by atoms with Crippen LogP contribution < -0.4 is 16.4 Å². The number of primary amides is 1. The summed E-state index contributed by atoms with van der Waals surface area (Å²) in [6, 6.07) is -1.52. The number of nitrogens with two attached hydrogens (primary N) is 1. The number of nitrogens with one attached hydrogen (secondary N) is 2. The molecule has 2 atom stereocenters. The molecule has 24 heavy (non-hydrogen) atoms. The largest absolute Gasteiger partial charge is 0.444 e. The highest BCUT2D eigenvalue weighted by atomic mass is 16.6. The summed E-state index contributed by atoms with van der Waals surface area (Å²) in [4.78, 5) is 35.6. The van der Waals surface area contributed by atoms with E-state index in [4.69, 9.17) is 10.5 Å². The van der Waals surface area contributed by atoms with Crippen molar-refractivity contribution in [2.45, 2.75) is 83.9 Å². The van der Waals surface area contributed by atoms with E-state index in [1.54, 1.807) is 20.8 Å². The molecule has 0 spiro atoms. The fraction of sp³-hybridized carbons (Fsp3) is 0.824. The van der Waals surface area contributed by atoms with Gasteiger partial charge in [-0.25, -0.2) is 4.79 Å². The number of ether oxygens (including phenoxy) is 1. The first-order chi connectivity index (χ1) is 11.1. The van der Waals surface area contributed by atoms with E-state index < -0.39 is 35.6 Å². The van der Waals surface area contributed by atoms with E-state index in [2.05, 4.69) is 10.6 Å². The molecule has 138 valence electrons. The predicted molar refractivity (Wildman–Crippen MR) is 91.1 cm³/mol. The van der Waals surface area contributed by atoms with Crippen LogP contribution in [0.3, 0.4) is 0 Å². The molecule has 7 nitrogen and oxygen atoms in total. The molecule has 0 saturated heterocycles. The van der Waals surface area contributed by atoms with Crippen molar-refractivity contribution in [3.63, 3.8) is 0 Å². The Bertz CT molecular complexity index is 453. The molecule has 0 aromatic rings. The van der Waals surface area contributed by atoms with Crippen LogP contribution in [-0.2, 0) is 14.3 Å². The molecule has 1 fully saturated rings. The minimum Gasteiger partial charge on any atom is -0.444 e. The van der Waals surface area contributed by atoms with E-state index in [0.29, 0.717) is 12.3 Å². The molecule has 4 N–H and O–H groups in total. The van der Waals surface area contributed by atoms with Crippen molar-refractivity contribution in [3.8, 4) is 0 Å². The average Bonchev–Trinajstić information content (AvgIpc) is 2.45. The van der Waals surface area contributed by atoms with Crippen molar-refractivity contribution >= 4 is 17.9 Å². The van der Waals surface area contributed by atoms with Crippen LogP contribution in [0.15, 0.2) is 0 Å². The first-order valence-electron chi connectivity index (χ1n) is 8.67. The molecule has 1 aliphatic rings. The van der Waals surface area contributed by atoms with Crippen LogP contribution in [0.1, 0.15) is 66.2 Å². The Morgan fingerprint density at radius 3 is 2.21 bits per heavy atom. The summed E-state index contributed by atoms with van der Waals surface area (Å²) in [5.41, 5.74) is 4.55. The fourth-order valence-electron chi connectivity index (χ4n) is 2.82. The highest BCUT2D eigenvalue weighted by Crippen LogP contribution is 2.27. The third-order valence-electron chi connectivity index (χ3n) is 4.09. The van der Waals surface area contributed by atoms with Gasteiger partial charge >= 0.3 is 6.09 Å². The maximum absolute atomic E-state index is 12.4. The Balaban J connectivity index is 2.71. The maximum Gasteiger partial charge on any atom is 0.408 e. The van der Waals surface area contributed by atoms with Gasteiger partial charge in [0.25, 0.3) is 0 Å². The third kappa shape index (κ3) is 7.66. The summed E-state index contributed by atoms with van der Waals surface area (Å²) < 4.78 is 5.24. The van der Waals surface area contributed by atoms with Crippen molar-refractivity contribution in [3.05, 3.63) is 0 Å². The van der Waals surface area contributed by atoms with Gasteiger partial charge in [0.2, 0.25) is 11.8 Å². The van der Waals surface area contributed by atoms with E-state index in [1.165, 1.54) is 13.3 Å². The van der Waals surface area contributed by atoms with E-state index >= 15 is 0 Å². The zero-order chi connectivity index (χ0) is 18.3. The second-order valence-corrected chi connectivity index (χ2v) is 7.57. The van der Waals surface area contributed by atoms with Gasteiger partial charge in [0, 0.05) is 0 Å². The lowest BCUT2D eigenvalue weighted by molar-refractivity contribution is -0.128. The lowest BCUT2D eigenvalue weighted by atomic mass is 9.84. The number of amides is 3. The summed E-state index contributed by atoms with van der Waals surface area (Å²) in [7, 11) is 0. The molecule has 3 amide bonds. The molecule has 0 heterocycles. The summed E-state index contributed by atoms with van der Waals surface area (Å²) in [6.07, 6.45) is 5.50. The van der Waals surface area contributed by atoms with Crippen molar-refractivity contribution in [2.75, 3.05) is 0 Å². The van der Waals surface area contributed by atoms with Crippen LogP contribution >= 0.6 is 0 Å². The summed E-state index contributed by atoms with van der Waals surface area (Å²) in [6.45, 7) is 6.80. The Kier molecular flexibility index (Phi) is 7.51. The Morgan fingerprint density at radius 1 is 1.12 bits per heavy atom. The van der Waals surface area contributed by atoms with Crippen LogP contribution in [0.2, 0.25) is 0 Å². The Labute approximate surface area is 144 Å². The zero-order valence-electron chi connectivity index (χ0n) is 15.2. The van der Waals surface area contributed by atoms with Crippen molar-refractivity contribution in [1.29, 1.82) is 0 Å². The van der Waals surface area contributed by atoms with E-state index in [-0.39, 0.29) is 0 Å². The average molecular weight is 341 g/mol. The van der Waals surface area contributed by atoms with Crippen LogP contribution in [0.25, 0.3) is 0 Å². The predicted octanol–water partition coefficient (Wildman–Crippen LogP) is 1.84. The Morgan fingerprint density at radius 2 is 1.71 bits per heavy atom. The molecule has 1 saturated carbocycles. The van der Waals surface area contributed by atoms with Crippen LogP contribution in [-0.4, -0.2) is 35.6 Å². The summed E-state index contributed by atoms with van der Waals surface area (Å²) >= 11 is 0. The van der Waals surface area contributed by atoms with Gasteiger partial charge in [-0.1, -0.05) is 32.1 Å². The van der Waals surface area contributed by atoms with Crippen molar-refractivity contribution < 1.29 is 19.1 Å². The number of rotatable bonds is 6. The zero-order valence-corrected chi connectivity index (χ0v) is 15.2. The van der Waals surface area contributed by atoms with E-state index in [0.717, 1.165) is 25.7 Å². The smallest absolute Gasteiger partial charge is 0.408 e. The summed E-state index contributed by atoms with van der Waals surface area (Å²) in [5, 5.41) is 5.19. The first kappa shape index (κ1) is 20.3. The van der Waals surface area contributed by atoms with Crippen molar-refractivity contribution in [1.82, 2.24) is 10.6 Å². The van der Waals surface area contributed by atoms with Gasteiger partial charge in [0.1, 0.15) is 17.7 Å². The molecule has 1 aliphatic carbocycles. The van der Waals surface area contributed by atoms with Gasteiger partial charge in [-0.2, -0.15) is 0 Å². The van der Waals surface area contributed by atoms with Crippen LogP contribution in [0.5, 0.6) is 0 Å². The standard InChI is InChI=1S/C17H31N3O4/c1-11(14(18)21)19-15(22)13(10-12-8-6-5-7-9-12)20-16(23)24-17(2,3)4/h11-13H,5-10H2,1-4H3,(H2,18,21)(H,19,22)(H,20,23)/t11-,13+/m0/s1. The molecule has 7 heteroatoms. The van der Waals surface area contributed by atoms with E-state index in [1.807, 2.05) is 0 Å². The van der Waals surface area contributed by atoms with Gasteiger partial charge in [-0.05, 0) is 40.0 Å². The lowest BCUT2D eigenvalue weighted by Crippen LogP contribution is -2.53. The van der Waals surface area contributed by atoms with Gasteiger partial charge in [-0.15, -0.1) is 0 Å². The number of carbonyl (C=O) groups excluding carboxylic acids is 3. The van der Waals surface area contributed by atoms with E-state index in [9.17, 15) is 14.4 Å².